The Morgan fingerprint density at radius 1 is 0.639 bits per heavy atom. The number of H-pyrrole nitrogens is 1. The minimum atomic E-state index is 0. The van der Waals surface area contributed by atoms with Crippen molar-refractivity contribution in [2.24, 2.45) is 0 Å². The van der Waals surface area contributed by atoms with Crippen molar-refractivity contribution < 1.29 is 9.47 Å². The van der Waals surface area contributed by atoms with Crippen LogP contribution in [0.4, 0.5) is 0 Å². The molecule has 0 unspecified atom stereocenters. The Balaban J connectivity index is 0.00000304. The van der Waals surface area contributed by atoms with Crippen molar-refractivity contribution >= 4 is 23.3 Å². The topological polar surface area (TPSA) is 46.3 Å². The van der Waals surface area contributed by atoms with Crippen molar-refractivity contribution in [2.75, 3.05) is 6.54 Å². The molecule has 0 fully saturated rings. The van der Waals surface area contributed by atoms with Crippen LogP contribution in [0.25, 0.3) is 10.9 Å². The van der Waals surface area contributed by atoms with E-state index in [1.165, 1.54) is 22.0 Å². The molecule has 2 N–H and O–H groups in total. The van der Waals surface area contributed by atoms with Crippen LogP contribution in [-0.2, 0) is 26.2 Å². The molecule has 5 heteroatoms. The highest BCUT2D eigenvalue weighted by atomic mass is 35.5. The molecule has 4 nitrogen and oxygen atoms in total. The van der Waals surface area contributed by atoms with E-state index in [-0.39, 0.29) is 12.4 Å². The zero-order chi connectivity index (χ0) is 23.7. The van der Waals surface area contributed by atoms with E-state index in [1.54, 1.807) is 0 Å². The van der Waals surface area contributed by atoms with Gasteiger partial charge in [0.05, 0.1) is 0 Å². The molecule has 4 aromatic carbocycles. The minimum absolute atomic E-state index is 0. The molecule has 5 aromatic rings. The van der Waals surface area contributed by atoms with Crippen LogP contribution in [0, 0.1) is 0 Å². The first-order valence-electron chi connectivity index (χ1n) is 12.1. The smallest absolute Gasteiger partial charge is 0.162 e. The highest BCUT2D eigenvalue weighted by molar-refractivity contribution is 5.85. The molecule has 0 spiro atoms. The van der Waals surface area contributed by atoms with Crippen molar-refractivity contribution in [3.8, 4) is 11.5 Å². The van der Waals surface area contributed by atoms with Gasteiger partial charge < -0.3 is 19.8 Å². The maximum Gasteiger partial charge on any atom is 0.162 e. The summed E-state index contributed by atoms with van der Waals surface area (Å²) in [6, 6.07) is 35.0. The second-order valence-electron chi connectivity index (χ2n) is 8.62. The quantitative estimate of drug-likeness (QED) is 0.191. The first-order chi connectivity index (χ1) is 17.3. The van der Waals surface area contributed by atoms with E-state index in [9.17, 15) is 0 Å². The highest BCUT2D eigenvalue weighted by Gasteiger charge is 2.09. The summed E-state index contributed by atoms with van der Waals surface area (Å²) in [4.78, 5) is 3.35. The minimum Gasteiger partial charge on any atom is -0.485 e. The lowest BCUT2D eigenvalue weighted by molar-refractivity contribution is 0.255. The number of hydrogen-bond acceptors (Lipinski definition) is 3. The van der Waals surface area contributed by atoms with Gasteiger partial charge in [0.1, 0.15) is 13.2 Å². The third-order valence-corrected chi connectivity index (χ3v) is 6.06. The maximum atomic E-state index is 6.21. The number of nitrogens with one attached hydrogen (secondary N) is 2. The molecule has 0 aliphatic carbocycles. The van der Waals surface area contributed by atoms with Gasteiger partial charge in [-0.1, -0.05) is 84.9 Å². The fourth-order valence-corrected chi connectivity index (χ4v) is 4.16. The van der Waals surface area contributed by atoms with Crippen LogP contribution in [0.2, 0.25) is 0 Å². The molecule has 5 rings (SSSR count). The Hall–Kier alpha value is -3.73. The summed E-state index contributed by atoms with van der Waals surface area (Å²) >= 11 is 0. The van der Waals surface area contributed by atoms with Gasteiger partial charge in [0.15, 0.2) is 11.5 Å². The molecule has 0 aliphatic heterocycles. The van der Waals surface area contributed by atoms with Gasteiger partial charge >= 0.3 is 0 Å². The summed E-state index contributed by atoms with van der Waals surface area (Å²) in [7, 11) is 0. The first kappa shape index (κ1) is 25.4. The Bertz CT molecular complexity index is 1350. The molecule has 0 amide bonds. The summed E-state index contributed by atoms with van der Waals surface area (Å²) in [6.45, 7) is 2.67. The van der Waals surface area contributed by atoms with E-state index in [0.29, 0.717) is 13.2 Å². The van der Waals surface area contributed by atoms with Gasteiger partial charge in [-0.05, 0) is 53.4 Å². The summed E-state index contributed by atoms with van der Waals surface area (Å²) < 4.78 is 12.3. The van der Waals surface area contributed by atoms with Gasteiger partial charge in [-0.2, -0.15) is 0 Å². The van der Waals surface area contributed by atoms with Gasteiger partial charge in [-0.25, -0.2) is 0 Å². The van der Waals surface area contributed by atoms with Crippen molar-refractivity contribution in [3.63, 3.8) is 0 Å². The molecular formula is C31H31ClN2O2. The van der Waals surface area contributed by atoms with E-state index in [1.807, 2.05) is 42.5 Å². The summed E-state index contributed by atoms with van der Waals surface area (Å²) in [5.74, 6) is 1.52. The summed E-state index contributed by atoms with van der Waals surface area (Å²) in [5.41, 5.74) is 5.95. The molecule has 0 radical (unpaired) electrons. The predicted molar refractivity (Wildman–Crippen MR) is 149 cm³/mol. The standard InChI is InChI=1S/C31H30N2O2.ClH/c1-3-9-24(10-4-1)22-34-30-16-15-26(19-31(30)35-23-25-11-5-2-6-12-25)20-32-18-17-27-21-33-29-14-8-7-13-28(27)29;/h1-16,19,21,32-33H,17-18,20,22-23H2;1H. The van der Waals surface area contributed by atoms with Crippen molar-refractivity contribution in [2.45, 2.75) is 26.2 Å². The van der Waals surface area contributed by atoms with Crippen LogP contribution in [0.1, 0.15) is 22.3 Å². The van der Waals surface area contributed by atoms with Gasteiger partial charge in [0, 0.05) is 23.6 Å². The second kappa shape index (κ2) is 12.8. The number of para-hydroxylation sites is 1. The first-order valence-corrected chi connectivity index (χ1v) is 12.1. The van der Waals surface area contributed by atoms with E-state index in [0.717, 1.165) is 42.1 Å². The van der Waals surface area contributed by atoms with Crippen molar-refractivity contribution in [1.82, 2.24) is 10.3 Å². The average Bonchev–Trinajstić information content (AvgIpc) is 3.33. The predicted octanol–water partition coefficient (Wildman–Crippen LogP) is 7.08. The Labute approximate surface area is 218 Å². The van der Waals surface area contributed by atoms with Crippen molar-refractivity contribution in [1.29, 1.82) is 0 Å². The molecule has 36 heavy (non-hydrogen) atoms. The van der Waals surface area contributed by atoms with Gasteiger partial charge in [0.2, 0.25) is 0 Å². The number of benzene rings is 4. The molecule has 0 atom stereocenters. The third-order valence-electron chi connectivity index (χ3n) is 6.06. The number of hydrogen-bond donors (Lipinski definition) is 2. The number of fused-ring (bicyclic) bond motifs is 1. The SMILES string of the molecule is Cl.c1ccc(COc2ccc(CNCCc3c[nH]c4ccccc34)cc2OCc2ccccc2)cc1. The fraction of sp³-hybridized carbons (Fsp3) is 0.161. The van der Waals surface area contributed by atoms with Crippen LogP contribution in [0.3, 0.4) is 0 Å². The molecule has 0 saturated carbocycles. The fourth-order valence-electron chi connectivity index (χ4n) is 4.16. The zero-order valence-corrected chi connectivity index (χ0v) is 21.0. The number of aromatic nitrogens is 1. The lowest BCUT2D eigenvalue weighted by Gasteiger charge is -2.15. The second-order valence-corrected chi connectivity index (χ2v) is 8.62. The van der Waals surface area contributed by atoms with E-state index < -0.39 is 0 Å². The molecule has 0 bridgehead atoms. The van der Waals surface area contributed by atoms with Crippen LogP contribution >= 0.6 is 12.4 Å². The van der Waals surface area contributed by atoms with Gasteiger partial charge in [0.25, 0.3) is 0 Å². The van der Waals surface area contributed by atoms with Gasteiger partial charge in [-0.15, -0.1) is 12.4 Å². The molecule has 0 aliphatic rings. The number of halogens is 1. The lowest BCUT2D eigenvalue weighted by atomic mass is 10.1. The van der Waals surface area contributed by atoms with Gasteiger partial charge in [-0.3, -0.25) is 0 Å². The highest BCUT2D eigenvalue weighted by Crippen LogP contribution is 2.30. The molecule has 0 saturated heterocycles. The van der Waals surface area contributed by atoms with Crippen LogP contribution < -0.4 is 14.8 Å². The number of aromatic amines is 1. The van der Waals surface area contributed by atoms with Crippen LogP contribution in [0.5, 0.6) is 11.5 Å². The van der Waals surface area contributed by atoms with Crippen LogP contribution in [-0.4, -0.2) is 11.5 Å². The lowest BCUT2D eigenvalue weighted by Crippen LogP contribution is -2.16. The molecule has 184 valence electrons. The van der Waals surface area contributed by atoms with E-state index in [2.05, 4.69) is 77.2 Å². The maximum absolute atomic E-state index is 6.21. The van der Waals surface area contributed by atoms with E-state index in [4.69, 9.17) is 9.47 Å². The van der Waals surface area contributed by atoms with Crippen molar-refractivity contribution in [3.05, 3.63) is 132 Å². The molecular weight excluding hydrogens is 468 g/mol. The Kier molecular flexibility index (Phi) is 9.03. The molecule has 1 heterocycles. The Morgan fingerprint density at radius 2 is 1.28 bits per heavy atom. The zero-order valence-electron chi connectivity index (χ0n) is 20.2. The largest absolute Gasteiger partial charge is 0.485 e. The third kappa shape index (κ3) is 6.69. The van der Waals surface area contributed by atoms with E-state index >= 15 is 0 Å². The number of ether oxygens (including phenoxy) is 2. The number of rotatable bonds is 11. The Morgan fingerprint density at radius 3 is 2.00 bits per heavy atom. The summed E-state index contributed by atoms with van der Waals surface area (Å²) in [5, 5.41) is 4.87. The normalized spacial score (nSPS) is 10.7. The van der Waals surface area contributed by atoms with Crippen LogP contribution in [0.15, 0.2) is 109 Å². The molecule has 1 aromatic heterocycles. The summed E-state index contributed by atoms with van der Waals surface area (Å²) in [6.07, 6.45) is 3.08. The monoisotopic (exact) mass is 498 g/mol. The average molecular weight is 499 g/mol.